The number of hydrogen-bond donors (Lipinski definition) is 0. The Balaban J connectivity index is 0.000000145. The van der Waals surface area contributed by atoms with E-state index in [1.54, 1.807) is 24.3 Å². The zero-order valence-electron chi connectivity index (χ0n) is 21.6. The summed E-state index contributed by atoms with van der Waals surface area (Å²) in [4.78, 5) is 0. The predicted octanol–water partition coefficient (Wildman–Crippen LogP) is 9.91. The van der Waals surface area contributed by atoms with Gasteiger partial charge in [0.25, 0.3) is 0 Å². The fourth-order valence-electron chi connectivity index (χ4n) is 4.42. The molecule has 0 spiro atoms. The first-order valence-electron chi connectivity index (χ1n) is 12.1. The molecule has 0 N–H and O–H groups in total. The largest absolute Gasteiger partial charge is 0.350 e. The van der Waals surface area contributed by atoms with Gasteiger partial charge in [-0.05, 0) is 91.2 Å². The van der Waals surface area contributed by atoms with Gasteiger partial charge >= 0.3 is 0 Å². The van der Waals surface area contributed by atoms with Crippen LogP contribution in [0.25, 0.3) is 32.9 Å². The normalized spacial score (nSPS) is 10.6. The van der Waals surface area contributed by atoms with E-state index in [0.29, 0.717) is 5.02 Å². The smallest absolute Gasteiger partial charge is 0.123 e. The molecule has 0 unspecified atom stereocenters. The number of aromatic nitrogens is 2. The number of nitrogens with zero attached hydrogens (tertiary/aromatic N) is 2. The molecule has 0 aliphatic rings. The number of benzene rings is 4. The van der Waals surface area contributed by atoms with Crippen LogP contribution in [0.3, 0.4) is 0 Å². The summed E-state index contributed by atoms with van der Waals surface area (Å²) < 4.78 is 30.2. The highest BCUT2D eigenvalue weighted by atomic mass is 35.5. The molecular formula is C32H28Cl2F2N2. The van der Waals surface area contributed by atoms with E-state index in [0.717, 1.165) is 43.5 Å². The molecule has 2 aromatic heterocycles. The Hall–Kier alpha value is -3.60. The lowest BCUT2D eigenvalue weighted by Gasteiger charge is -2.00. The van der Waals surface area contributed by atoms with Gasteiger partial charge in [0, 0.05) is 63.9 Å². The summed E-state index contributed by atoms with van der Waals surface area (Å²) in [5.74, 6) is -0.395. The molecule has 38 heavy (non-hydrogen) atoms. The van der Waals surface area contributed by atoms with Crippen molar-refractivity contribution in [2.24, 2.45) is 14.1 Å². The van der Waals surface area contributed by atoms with Gasteiger partial charge in [0.1, 0.15) is 11.6 Å². The molecule has 0 amide bonds. The quantitative estimate of drug-likeness (QED) is 0.193. The minimum absolute atomic E-state index is 0.170. The van der Waals surface area contributed by atoms with Crippen molar-refractivity contribution >= 4 is 45.0 Å². The molecule has 0 atom stereocenters. The summed E-state index contributed by atoms with van der Waals surface area (Å²) in [6, 6.07) is 25.1. The fraction of sp³-hybridized carbons (Fsp3) is 0.125. The van der Waals surface area contributed by atoms with Gasteiger partial charge < -0.3 is 9.13 Å². The summed E-state index contributed by atoms with van der Waals surface area (Å²) in [6.45, 7) is 4.01. The van der Waals surface area contributed by atoms with Crippen molar-refractivity contribution < 1.29 is 8.78 Å². The number of aryl methyl sites for hydroxylation is 4. The first kappa shape index (κ1) is 27.4. The van der Waals surface area contributed by atoms with E-state index in [1.165, 1.54) is 17.7 Å². The number of fused-ring (bicyclic) bond motifs is 2. The molecule has 0 bridgehead atoms. The van der Waals surface area contributed by atoms with Gasteiger partial charge in [-0.3, -0.25) is 0 Å². The van der Waals surface area contributed by atoms with Crippen LogP contribution in [-0.2, 0) is 14.1 Å². The Kier molecular flexibility index (Phi) is 8.55. The highest BCUT2D eigenvalue weighted by Gasteiger charge is 2.09. The first-order chi connectivity index (χ1) is 18.1. The molecule has 2 heterocycles. The molecule has 6 aromatic rings. The summed E-state index contributed by atoms with van der Waals surface area (Å²) in [7, 11) is 3.92. The Labute approximate surface area is 231 Å². The second-order valence-corrected chi connectivity index (χ2v) is 10.1. The molecular weight excluding hydrogens is 521 g/mol. The maximum atomic E-state index is 13.4. The molecule has 0 fully saturated rings. The van der Waals surface area contributed by atoms with Gasteiger partial charge in [-0.2, -0.15) is 0 Å². The summed E-state index contributed by atoms with van der Waals surface area (Å²) in [5.41, 5.74) is 6.40. The third-order valence-corrected chi connectivity index (χ3v) is 6.69. The maximum Gasteiger partial charge on any atom is 0.123 e. The zero-order valence-corrected chi connectivity index (χ0v) is 23.2. The van der Waals surface area contributed by atoms with Gasteiger partial charge in [0.05, 0.1) is 0 Å². The van der Waals surface area contributed by atoms with Crippen LogP contribution in [0.4, 0.5) is 8.78 Å². The summed E-state index contributed by atoms with van der Waals surface area (Å²) >= 11 is 11.6. The van der Waals surface area contributed by atoms with E-state index in [9.17, 15) is 8.78 Å². The Morgan fingerprint density at radius 3 is 1.74 bits per heavy atom. The third-order valence-electron chi connectivity index (χ3n) is 6.22. The van der Waals surface area contributed by atoms with Gasteiger partial charge in [-0.15, -0.1) is 0 Å². The van der Waals surface area contributed by atoms with Crippen LogP contribution >= 0.6 is 23.2 Å². The van der Waals surface area contributed by atoms with Gasteiger partial charge in [-0.1, -0.05) is 47.5 Å². The maximum absolute atomic E-state index is 13.4. The van der Waals surface area contributed by atoms with Crippen LogP contribution in [0.2, 0.25) is 10.0 Å². The standard InChI is InChI=1S/C15H11ClFN.C10H10FN.C7H7Cl/c1-18-9-14(10-3-2-4-11(16)7-10)13-8-12(17)5-6-15(13)18;1-7-6-12(2)10-4-3-8(11)5-9(7)10;1-6-3-2-4-7(8)5-6/h2-9H,1H3;3-6H,1-2H3;2-5H,1H3. The SMILES string of the molecule is Cc1cccc(Cl)c1.Cc1cn(C)c2ccc(F)cc12.Cn1cc(-c2cccc(Cl)c2)c2cc(F)ccc21. The Bertz CT molecular complexity index is 1700. The van der Waals surface area contributed by atoms with Crippen molar-refractivity contribution in [3.8, 4) is 11.1 Å². The van der Waals surface area contributed by atoms with Gasteiger partial charge in [0.15, 0.2) is 0 Å². The summed E-state index contributed by atoms with van der Waals surface area (Å²) in [5, 5.41) is 3.39. The lowest BCUT2D eigenvalue weighted by Crippen LogP contribution is -1.83. The minimum Gasteiger partial charge on any atom is -0.350 e. The molecule has 6 rings (SSSR count). The van der Waals surface area contributed by atoms with Crippen molar-refractivity contribution in [2.75, 3.05) is 0 Å². The highest BCUT2D eigenvalue weighted by molar-refractivity contribution is 6.31. The van der Waals surface area contributed by atoms with E-state index in [-0.39, 0.29) is 11.6 Å². The molecule has 0 saturated heterocycles. The average Bonchev–Trinajstić information content (AvgIpc) is 3.34. The molecule has 194 valence electrons. The van der Waals surface area contributed by atoms with E-state index < -0.39 is 0 Å². The fourth-order valence-corrected chi connectivity index (χ4v) is 4.85. The van der Waals surface area contributed by atoms with E-state index >= 15 is 0 Å². The Morgan fingerprint density at radius 1 is 0.605 bits per heavy atom. The zero-order chi connectivity index (χ0) is 27.4. The molecule has 6 heteroatoms. The van der Waals surface area contributed by atoms with Gasteiger partial charge in [-0.25, -0.2) is 8.78 Å². The van der Waals surface area contributed by atoms with Crippen molar-refractivity contribution in [1.29, 1.82) is 0 Å². The monoisotopic (exact) mass is 548 g/mol. The number of hydrogen-bond acceptors (Lipinski definition) is 0. The molecule has 4 aromatic carbocycles. The topological polar surface area (TPSA) is 9.86 Å². The molecule has 0 aliphatic heterocycles. The molecule has 0 radical (unpaired) electrons. The molecule has 0 aliphatic carbocycles. The molecule has 0 saturated carbocycles. The second kappa shape index (κ2) is 11.8. The van der Waals surface area contributed by atoms with E-state index in [2.05, 4.69) is 0 Å². The van der Waals surface area contributed by atoms with Crippen LogP contribution < -0.4 is 0 Å². The van der Waals surface area contributed by atoms with Crippen LogP contribution in [0, 0.1) is 25.5 Å². The van der Waals surface area contributed by atoms with Crippen LogP contribution in [-0.4, -0.2) is 9.13 Å². The predicted molar refractivity (Wildman–Crippen MR) is 157 cm³/mol. The van der Waals surface area contributed by atoms with Crippen molar-refractivity contribution in [2.45, 2.75) is 13.8 Å². The number of rotatable bonds is 1. The lowest BCUT2D eigenvalue weighted by atomic mass is 10.1. The van der Waals surface area contributed by atoms with Crippen LogP contribution in [0.15, 0.2) is 97.3 Å². The molecule has 2 nitrogen and oxygen atoms in total. The van der Waals surface area contributed by atoms with Crippen molar-refractivity contribution in [3.63, 3.8) is 0 Å². The number of halogens is 4. The lowest BCUT2D eigenvalue weighted by molar-refractivity contribution is 0.629. The summed E-state index contributed by atoms with van der Waals surface area (Å²) in [6.07, 6.45) is 4.00. The minimum atomic E-state index is -0.225. The average molecular weight is 549 g/mol. The van der Waals surface area contributed by atoms with Crippen molar-refractivity contribution in [3.05, 3.63) is 130 Å². The van der Waals surface area contributed by atoms with Crippen molar-refractivity contribution in [1.82, 2.24) is 9.13 Å². The van der Waals surface area contributed by atoms with Crippen LogP contribution in [0.5, 0.6) is 0 Å². The van der Waals surface area contributed by atoms with E-state index in [4.69, 9.17) is 23.2 Å². The van der Waals surface area contributed by atoms with E-state index in [1.807, 2.05) is 98.0 Å². The first-order valence-corrected chi connectivity index (χ1v) is 12.8. The third kappa shape index (κ3) is 6.45. The second-order valence-electron chi connectivity index (χ2n) is 9.21. The van der Waals surface area contributed by atoms with Crippen LogP contribution in [0.1, 0.15) is 11.1 Å². The Morgan fingerprint density at radius 2 is 1.16 bits per heavy atom. The van der Waals surface area contributed by atoms with Gasteiger partial charge in [0.2, 0.25) is 0 Å². The highest BCUT2D eigenvalue weighted by Crippen LogP contribution is 2.32.